The van der Waals surface area contributed by atoms with Gasteiger partial charge in [-0.05, 0) is 42.3 Å². The molecule has 2 aromatic carbocycles. The first kappa shape index (κ1) is 20.9. The number of nitrogens with zero attached hydrogens (tertiary/aromatic N) is 1. The van der Waals surface area contributed by atoms with E-state index in [9.17, 15) is 17.6 Å². The molecule has 2 aromatic rings. The van der Waals surface area contributed by atoms with Gasteiger partial charge in [0, 0.05) is 25.7 Å². The summed E-state index contributed by atoms with van der Waals surface area (Å²) in [7, 11) is -0.707. The molecule has 8 heteroatoms. The number of halogens is 1. The van der Waals surface area contributed by atoms with Crippen molar-refractivity contribution in [1.29, 1.82) is 0 Å². The lowest BCUT2D eigenvalue weighted by Gasteiger charge is -2.19. The maximum Gasteiger partial charge on any atom is 0.254 e. The number of benzene rings is 2. The summed E-state index contributed by atoms with van der Waals surface area (Å²) in [5.41, 5.74) is 1.53. The van der Waals surface area contributed by atoms with Gasteiger partial charge in [0.1, 0.15) is 0 Å². The van der Waals surface area contributed by atoms with Gasteiger partial charge in [0.2, 0.25) is 10.0 Å². The van der Waals surface area contributed by atoms with E-state index in [0.717, 1.165) is 0 Å². The number of hydrogen-bond acceptors (Lipinski definition) is 4. The van der Waals surface area contributed by atoms with Crippen LogP contribution in [0.5, 0.6) is 5.75 Å². The molecule has 0 unspecified atom stereocenters. The van der Waals surface area contributed by atoms with Crippen LogP contribution in [0, 0.1) is 12.7 Å². The normalized spacial score (nSPS) is 11.3. The maximum absolute atomic E-state index is 13.8. The maximum atomic E-state index is 13.8. The number of methoxy groups -OCH3 is 1. The van der Waals surface area contributed by atoms with Gasteiger partial charge in [0.05, 0.1) is 12.0 Å². The van der Waals surface area contributed by atoms with E-state index in [1.54, 1.807) is 33.0 Å². The van der Waals surface area contributed by atoms with Gasteiger partial charge in [-0.1, -0.05) is 19.1 Å². The van der Waals surface area contributed by atoms with Crippen molar-refractivity contribution < 1.29 is 22.3 Å². The van der Waals surface area contributed by atoms with Crippen LogP contribution in [0.15, 0.2) is 41.3 Å². The van der Waals surface area contributed by atoms with Gasteiger partial charge in [-0.2, -0.15) is 0 Å². The number of rotatable bonds is 7. The summed E-state index contributed by atoms with van der Waals surface area (Å²) in [5.74, 6) is -0.729. The molecule has 146 valence electrons. The van der Waals surface area contributed by atoms with E-state index in [4.69, 9.17) is 4.74 Å². The molecule has 1 N–H and O–H groups in total. The molecular weight excluding hydrogens is 371 g/mol. The zero-order chi connectivity index (χ0) is 20.2. The molecule has 6 nitrogen and oxygen atoms in total. The molecule has 0 heterocycles. The van der Waals surface area contributed by atoms with Crippen molar-refractivity contribution in [1.82, 2.24) is 9.62 Å². The molecule has 0 aromatic heterocycles. The average molecular weight is 394 g/mol. The van der Waals surface area contributed by atoms with Crippen molar-refractivity contribution in [3.63, 3.8) is 0 Å². The van der Waals surface area contributed by atoms with Gasteiger partial charge in [-0.25, -0.2) is 17.5 Å². The van der Waals surface area contributed by atoms with E-state index < -0.39 is 15.8 Å². The van der Waals surface area contributed by atoms with E-state index in [2.05, 4.69) is 4.72 Å². The van der Waals surface area contributed by atoms with Crippen LogP contribution in [0.1, 0.15) is 28.4 Å². The van der Waals surface area contributed by atoms with Crippen LogP contribution < -0.4 is 9.46 Å². The Labute approximate surface area is 159 Å². The number of carbonyl (C=O) groups is 1. The molecule has 0 radical (unpaired) electrons. The third-order valence-corrected chi connectivity index (χ3v) is 5.61. The first-order chi connectivity index (χ1) is 12.7. The third-order valence-electron chi connectivity index (χ3n) is 4.07. The third kappa shape index (κ3) is 4.84. The number of amides is 1. The summed E-state index contributed by atoms with van der Waals surface area (Å²) in [6, 6.07) is 8.89. The molecule has 0 aliphatic heterocycles. The van der Waals surface area contributed by atoms with Crippen molar-refractivity contribution >= 4 is 15.9 Å². The van der Waals surface area contributed by atoms with Gasteiger partial charge in [0.25, 0.3) is 5.91 Å². The minimum Gasteiger partial charge on any atom is -0.494 e. The van der Waals surface area contributed by atoms with Gasteiger partial charge in [-0.15, -0.1) is 0 Å². The van der Waals surface area contributed by atoms with Crippen LogP contribution in [-0.4, -0.2) is 39.9 Å². The molecule has 0 spiro atoms. The van der Waals surface area contributed by atoms with E-state index >= 15 is 0 Å². The summed E-state index contributed by atoms with van der Waals surface area (Å²) < 4.78 is 45.5. The fourth-order valence-electron chi connectivity index (χ4n) is 2.63. The Morgan fingerprint density at radius 1 is 1.22 bits per heavy atom. The molecule has 27 heavy (non-hydrogen) atoms. The standard InChI is InChI=1S/C19H23FN2O4S/c1-5-21-27(24,25)15-8-6-13(2)16(11-15)19(23)22(3)12-14-7-9-18(26-4)17(20)10-14/h6-11,21H,5,12H2,1-4H3. The summed E-state index contributed by atoms with van der Waals surface area (Å²) in [5, 5.41) is 0. The largest absolute Gasteiger partial charge is 0.494 e. The monoisotopic (exact) mass is 394 g/mol. The first-order valence-electron chi connectivity index (χ1n) is 8.37. The fraction of sp³-hybridized carbons (Fsp3) is 0.316. The van der Waals surface area contributed by atoms with E-state index in [1.807, 2.05) is 0 Å². The topological polar surface area (TPSA) is 75.7 Å². The van der Waals surface area contributed by atoms with Crippen molar-refractivity contribution in [2.75, 3.05) is 20.7 Å². The minimum absolute atomic E-state index is 0.0298. The zero-order valence-electron chi connectivity index (χ0n) is 15.7. The van der Waals surface area contributed by atoms with Crippen LogP contribution in [-0.2, 0) is 16.6 Å². The Hall–Kier alpha value is -2.45. The van der Waals surface area contributed by atoms with Crippen LogP contribution >= 0.6 is 0 Å². The molecule has 1 amide bonds. The fourth-order valence-corrected chi connectivity index (χ4v) is 3.70. The van der Waals surface area contributed by atoms with Gasteiger partial charge >= 0.3 is 0 Å². The Morgan fingerprint density at radius 3 is 2.52 bits per heavy atom. The highest BCUT2D eigenvalue weighted by Crippen LogP contribution is 2.21. The van der Waals surface area contributed by atoms with Crippen LogP contribution in [0.4, 0.5) is 4.39 Å². The number of ether oxygens (including phenoxy) is 1. The SMILES string of the molecule is CCNS(=O)(=O)c1ccc(C)c(C(=O)N(C)Cc2ccc(OC)c(F)c2)c1. The van der Waals surface area contributed by atoms with E-state index in [0.29, 0.717) is 11.1 Å². The Morgan fingerprint density at radius 2 is 1.93 bits per heavy atom. The molecular formula is C19H23FN2O4S. The van der Waals surface area contributed by atoms with E-state index in [1.165, 1.54) is 36.3 Å². The van der Waals surface area contributed by atoms with Gasteiger partial charge in [0.15, 0.2) is 11.6 Å². The molecule has 0 aliphatic carbocycles. The molecule has 0 atom stereocenters. The smallest absolute Gasteiger partial charge is 0.254 e. The highest BCUT2D eigenvalue weighted by atomic mass is 32.2. The lowest BCUT2D eigenvalue weighted by atomic mass is 10.1. The lowest BCUT2D eigenvalue weighted by Crippen LogP contribution is -2.28. The Balaban J connectivity index is 2.27. The predicted octanol–water partition coefficient (Wildman–Crippen LogP) is 2.71. The van der Waals surface area contributed by atoms with Crippen molar-refractivity contribution in [3.05, 3.63) is 58.9 Å². The lowest BCUT2D eigenvalue weighted by molar-refractivity contribution is 0.0784. The summed E-state index contributed by atoms with van der Waals surface area (Å²) in [4.78, 5) is 14.2. The molecule has 0 saturated heterocycles. The summed E-state index contributed by atoms with van der Waals surface area (Å²) >= 11 is 0. The predicted molar refractivity (Wildman–Crippen MR) is 101 cm³/mol. The number of carbonyl (C=O) groups excluding carboxylic acids is 1. The Kier molecular flexibility index (Phi) is 6.56. The highest BCUT2D eigenvalue weighted by Gasteiger charge is 2.20. The van der Waals surface area contributed by atoms with Crippen molar-refractivity contribution in [2.45, 2.75) is 25.3 Å². The molecule has 0 saturated carbocycles. The number of aryl methyl sites for hydroxylation is 1. The zero-order valence-corrected chi connectivity index (χ0v) is 16.6. The summed E-state index contributed by atoms with van der Waals surface area (Å²) in [6.07, 6.45) is 0. The minimum atomic E-state index is -3.67. The molecule has 0 fully saturated rings. The highest BCUT2D eigenvalue weighted by molar-refractivity contribution is 7.89. The van der Waals surface area contributed by atoms with E-state index in [-0.39, 0.29) is 35.2 Å². The van der Waals surface area contributed by atoms with Crippen molar-refractivity contribution in [2.24, 2.45) is 0 Å². The van der Waals surface area contributed by atoms with Crippen LogP contribution in [0.3, 0.4) is 0 Å². The van der Waals surface area contributed by atoms with Crippen LogP contribution in [0.2, 0.25) is 0 Å². The molecule has 0 bridgehead atoms. The molecule has 2 rings (SSSR count). The van der Waals surface area contributed by atoms with Crippen molar-refractivity contribution in [3.8, 4) is 5.75 Å². The number of nitrogens with one attached hydrogen (secondary N) is 1. The molecule has 0 aliphatic rings. The second-order valence-corrected chi connectivity index (χ2v) is 7.88. The number of sulfonamides is 1. The Bertz CT molecular complexity index is 945. The second-order valence-electron chi connectivity index (χ2n) is 6.11. The average Bonchev–Trinajstić information content (AvgIpc) is 2.61. The quantitative estimate of drug-likeness (QED) is 0.784. The van der Waals surface area contributed by atoms with Gasteiger partial charge in [-0.3, -0.25) is 4.79 Å². The number of hydrogen-bond donors (Lipinski definition) is 1. The second kappa shape index (κ2) is 8.49. The van der Waals surface area contributed by atoms with Gasteiger partial charge < -0.3 is 9.64 Å². The summed E-state index contributed by atoms with van der Waals surface area (Å²) in [6.45, 7) is 3.84. The van der Waals surface area contributed by atoms with Crippen LogP contribution in [0.25, 0.3) is 0 Å². The first-order valence-corrected chi connectivity index (χ1v) is 9.86.